The molecule has 1 amide bonds. The first-order valence-corrected chi connectivity index (χ1v) is 11.0. The van der Waals surface area contributed by atoms with Gasteiger partial charge in [0.25, 0.3) is 0 Å². The number of carbonyl (C=O) groups is 1. The monoisotopic (exact) mass is 434 g/mol. The molecule has 1 heterocycles. The van der Waals surface area contributed by atoms with Crippen LogP contribution < -0.4 is 5.32 Å². The Morgan fingerprint density at radius 1 is 0.970 bits per heavy atom. The molecule has 1 aliphatic rings. The fraction of sp³-hybridized carbons (Fsp3) is 0.103. The van der Waals surface area contributed by atoms with E-state index in [9.17, 15) is 9.18 Å². The third kappa shape index (κ3) is 4.20. The van der Waals surface area contributed by atoms with Crippen LogP contribution in [0.5, 0.6) is 0 Å². The largest absolute Gasteiger partial charge is 0.352 e. The van der Waals surface area contributed by atoms with Gasteiger partial charge in [-0.1, -0.05) is 54.6 Å². The lowest BCUT2D eigenvalue weighted by Crippen LogP contribution is -2.22. The number of aromatic nitrogens is 1. The molecule has 4 aromatic rings. The number of nitrogens with zero attached hydrogens (tertiary/aromatic N) is 1. The van der Waals surface area contributed by atoms with Crippen molar-refractivity contribution in [2.75, 3.05) is 0 Å². The minimum Gasteiger partial charge on any atom is -0.352 e. The highest BCUT2D eigenvalue weighted by atomic mass is 19.1. The number of benzene rings is 3. The molecule has 4 heteroatoms. The number of para-hydroxylation sites is 1. The van der Waals surface area contributed by atoms with E-state index >= 15 is 0 Å². The van der Waals surface area contributed by atoms with E-state index in [1.165, 1.54) is 12.1 Å². The summed E-state index contributed by atoms with van der Waals surface area (Å²) in [4.78, 5) is 17.2. The van der Waals surface area contributed by atoms with Gasteiger partial charge in [0.2, 0.25) is 5.91 Å². The molecule has 3 nitrogen and oxygen atoms in total. The van der Waals surface area contributed by atoms with Crippen molar-refractivity contribution in [3.05, 3.63) is 119 Å². The zero-order valence-electron chi connectivity index (χ0n) is 18.3. The van der Waals surface area contributed by atoms with Crippen molar-refractivity contribution in [1.29, 1.82) is 0 Å². The normalized spacial score (nSPS) is 14.1. The molecule has 0 fully saturated rings. The van der Waals surface area contributed by atoms with E-state index < -0.39 is 0 Å². The molecule has 0 radical (unpaired) electrons. The van der Waals surface area contributed by atoms with Gasteiger partial charge in [-0.15, -0.1) is 0 Å². The molecular formula is C29H23FN2O. The lowest BCUT2D eigenvalue weighted by atomic mass is 9.99. The summed E-state index contributed by atoms with van der Waals surface area (Å²) < 4.78 is 14.2. The first-order chi connectivity index (χ1) is 16.1. The summed E-state index contributed by atoms with van der Waals surface area (Å²) >= 11 is 0. The number of halogens is 1. The van der Waals surface area contributed by atoms with E-state index in [0.717, 1.165) is 49.9 Å². The Morgan fingerprint density at radius 3 is 2.61 bits per heavy atom. The van der Waals surface area contributed by atoms with Gasteiger partial charge in [-0.2, -0.15) is 0 Å². The van der Waals surface area contributed by atoms with Crippen molar-refractivity contribution in [2.45, 2.75) is 19.9 Å². The van der Waals surface area contributed by atoms with E-state index in [4.69, 9.17) is 0 Å². The summed E-state index contributed by atoms with van der Waals surface area (Å²) in [5, 5.41) is 4.04. The maximum Gasteiger partial charge on any atom is 0.224 e. The van der Waals surface area contributed by atoms with Gasteiger partial charge >= 0.3 is 0 Å². The number of carbonyl (C=O) groups excluding carboxylic acids is 1. The number of allylic oxidation sites excluding steroid dienone is 2. The van der Waals surface area contributed by atoms with Crippen molar-refractivity contribution < 1.29 is 9.18 Å². The van der Waals surface area contributed by atoms with Crippen molar-refractivity contribution in [3.63, 3.8) is 0 Å². The molecule has 0 bridgehead atoms. The predicted octanol–water partition coefficient (Wildman–Crippen LogP) is 6.41. The van der Waals surface area contributed by atoms with Crippen LogP contribution in [0.15, 0.2) is 90.6 Å². The zero-order valence-corrected chi connectivity index (χ0v) is 18.3. The van der Waals surface area contributed by atoms with Crippen molar-refractivity contribution in [2.24, 2.45) is 0 Å². The van der Waals surface area contributed by atoms with Crippen LogP contribution in [0.25, 0.3) is 28.1 Å². The van der Waals surface area contributed by atoms with Crippen LogP contribution in [0.2, 0.25) is 0 Å². The fourth-order valence-electron chi connectivity index (χ4n) is 4.40. The average molecular weight is 435 g/mol. The Kier molecular flexibility index (Phi) is 5.57. The summed E-state index contributed by atoms with van der Waals surface area (Å²) in [6, 6.07) is 24.6. The van der Waals surface area contributed by atoms with Crippen LogP contribution in [0, 0.1) is 5.82 Å². The summed E-state index contributed by atoms with van der Waals surface area (Å²) in [5.74, 6) is -0.390. The molecule has 0 saturated heterocycles. The first kappa shape index (κ1) is 20.8. The smallest absolute Gasteiger partial charge is 0.224 e. The summed E-state index contributed by atoms with van der Waals surface area (Å²) in [5.41, 5.74) is 7.59. The standard InChI is InChI=1S/C29H23FN2O/c1-19-25(15-21-13-14-31-28-10-6-5-9-23(21)28)24-12-11-22(30)16-27(24)26(19)17-29(33)32-18-20-7-3-2-4-8-20/h2-16H,17-18H2,1H3,(H,32,33)/b25-15-. The third-order valence-electron chi connectivity index (χ3n) is 6.11. The van der Waals surface area contributed by atoms with Gasteiger partial charge in [0, 0.05) is 18.1 Å². The van der Waals surface area contributed by atoms with Crippen LogP contribution in [-0.2, 0) is 11.3 Å². The number of rotatable bonds is 5. The second-order valence-electron chi connectivity index (χ2n) is 8.21. The van der Waals surface area contributed by atoms with Crippen LogP contribution in [-0.4, -0.2) is 10.9 Å². The van der Waals surface area contributed by atoms with E-state index in [0.29, 0.717) is 6.54 Å². The highest BCUT2D eigenvalue weighted by Gasteiger charge is 2.26. The van der Waals surface area contributed by atoms with Gasteiger partial charge in [-0.3, -0.25) is 9.78 Å². The number of amides is 1. The lowest BCUT2D eigenvalue weighted by Gasteiger charge is -2.08. The van der Waals surface area contributed by atoms with Gasteiger partial charge in [-0.25, -0.2) is 4.39 Å². The summed E-state index contributed by atoms with van der Waals surface area (Å²) in [6.45, 7) is 2.47. The Labute approximate surface area is 192 Å². The second kappa shape index (κ2) is 8.83. The maximum absolute atomic E-state index is 14.2. The van der Waals surface area contributed by atoms with E-state index in [-0.39, 0.29) is 18.1 Å². The van der Waals surface area contributed by atoms with Gasteiger partial charge in [0.1, 0.15) is 5.82 Å². The molecule has 1 aromatic heterocycles. The second-order valence-corrected chi connectivity index (χ2v) is 8.21. The van der Waals surface area contributed by atoms with Crippen molar-refractivity contribution >= 4 is 34.0 Å². The Bertz CT molecular complexity index is 1420. The highest BCUT2D eigenvalue weighted by Crippen LogP contribution is 2.44. The molecule has 0 saturated carbocycles. The van der Waals surface area contributed by atoms with E-state index in [1.54, 1.807) is 12.3 Å². The molecule has 0 atom stereocenters. The Hall–Kier alpha value is -4.05. The summed E-state index contributed by atoms with van der Waals surface area (Å²) in [6.07, 6.45) is 4.11. The topological polar surface area (TPSA) is 42.0 Å². The van der Waals surface area contributed by atoms with E-state index in [2.05, 4.69) is 16.4 Å². The molecule has 0 aliphatic heterocycles. The van der Waals surface area contributed by atoms with Crippen molar-refractivity contribution in [1.82, 2.24) is 10.3 Å². The molecule has 5 rings (SSSR count). The molecule has 0 spiro atoms. The third-order valence-corrected chi connectivity index (χ3v) is 6.11. The SMILES string of the molecule is CC1=C(CC(=O)NCc2ccccc2)c2cc(F)ccc2/C1=C\c1ccnc2ccccc12. The van der Waals surface area contributed by atoms with Crippen LogP contribution in [0.3, 0.4) is 0 Å². The first-order valence-electron chi connectivity index (χ1n) is 11.0. The summed E-state index contributed by atoms with van der Waals surface area (Å²) in [7, 11) is 0. The molecule has 1 N–H and O–H groups in total. The molecule has 162 valence electrons. The molecule has 3 aromatic carbocycles. The quantitative estimate of drug-likeness (QED) is 0.394. The number of fused-ring (bicyclic) bond motifs is 2. The van der Waals surface area contributed by atoms with Crippen LogP contribution >= 0.6 is 0 Å². The number of hydrogen-bond acceptors (Lipinski definition) is 2. The molecule has 33 heavy (non-hydrogen) atoms. The van der Waals surface area contributed by atoms with Crippen LogP contribution in [0.4, 0.5) is 4.39 Å². The maximum atomic E-state index is 14.2. The predicted molar refractivity (Wildman–Crippen MR) is 132 cm³/mol. The Balaban J connectivity index is 1.50. The minimum atomic E-state index is -0.306. The number of hydrogen-bond donors (Lipinski definition) is 1. The molecular weight excluding hydrogens is 411 g/mol. The lowest BCUT2D eigenvalue weighted by molar-refractivity contribution is -0.120. The van der Waals surface area contributed by atoms with Gasteiger partial charge in [0.15, 0.2) is 0 Å². The van der Waals surface area contributed by atoms with Crippen LogP contribution in [0.1, 0.15) is 35.6 Å². The fourth-order valence-corrected chi connectivity index (χ4v) is 4.40. The zero-order chi connectivity index (χ0) is 22.8. The minimum absolute atomic E-state index is 0.0842. The highest BCUT2D eigenvalue weighted by molar-refractivity contribution is 6.09. The van der Waals surface area contributed by atoms with Gasteiger partial charge < -0.3 is 5.32 Å². The molecule has 1 aliphatic carbocycles. The van der Waals surface area contributed by atoms with E-state index in [1.807, 2.05) is 67.6 Å². The number of nitrogens with one attached hydrogen (secondary N) is 1. The average Bonchev–Trinajstić information content (AvgIpc) is 3.09. The van der Waals surface area contributed by atoms with Gasteiger partial charge in [-0.05, 0) is 76.2 Å². The number of pyridine rings is 1. The van der Waals surface area contributed by atoms with Gasteiger partial charge in [0.05, 0.1) is 11.9 Å². The van der Waals surface area contributed by atoms with Crippen molar-refractivity contribution in [3.8, 4) is 0 Å². The Morgan fingerprint density at radius 2 is 1.76 bits per heavy atom. The molecule has 0 unspecified atom stereocenters.